The van der Waals surface area contributed by atoms with E-state index in [9.17, 15) is 9.59 Å². The van der Waals surface area contributed by atoms with E-state index < -0.39 is 0 Å². The number of anilines is 1. The van der Waals surface area contributed by atoms with Crippen LogP contribution in [0.3, 0.4) is 0 Å². The Hall–Kier alpha value is -7.02. The van der Waals surface area contributed by atoms with Crippen LogP contribution < -0.4 is 24.8 Å². The van der Waals surface area contributed by atoms with E-state index in [4.69, 9.17) is 66.3 Å². The van der Waals surface area contributed by atoms with E-state index in [1.807, 2.05) is 84.5 Å². The smallest absolute Gasteiger partial charge is 0.255 e. The van der Waals surface area contributed by atoms with Crippen molar-refractivity contribution >= 4 is 51.7 Å². The minimum atomic E-state index is -0.208. The minimum absolute atomic E-state index is 0.0344. The third-order valence-electron chi connectivity index (χ3n) is 17.2. The number of aromatic nitrogens is 5. The fourth-order valence-corrected chi connectivity index (χ4v) is 12.4. The zero-order chi connectivity index (χ0) is 64.7. The number of fused-ring (bicyclic) bond motifs is 2. The number of piperazine rings is 1. The highest BCUT2D eigenvalue weighted by Gasteiger charge is 2.30. The molecule has 0 aliphatic carbocycles. The molecule has 0 saturated carbocycles. The lowest BCUT2D eigenvalue weighted by Crippen LogP contribution is -2.48. The van der Waals surface area contributed by atoms with Crippen molar-refractivity contribution in [1.29, 1.82) is 0 Å². The fourth-order valence-electron chi connectivity index (χ4n) is 12.2. The van der Waals surface area contributed by atoms with Crippen LogP contribution in [0.5, 0.6) is 17.2 Å². The predicted octanol–water partition coefficient (Wildman–Crippen LogP) is 9.19. The Kier molecular flexibility index (Phi) is 26.3. The summed E-state index contributed by atoms with van der Waals surface area (Å²) in [5, 5.41) is 18.2. The third-order valence-corrected chi connectivity index (χ3v) is 17.7. The highest BCUT2D eigenvalue weighted by molar-refractivity contribution is 6.30. The Morgan fingerprint density at radius 3 is 2.09 bits per heavy atom. The van der Waals surface area contributed by atoms with Crippen LogP contribution in [0.4, 0.5) is 5.82 Å². The van der Waals surface area contributed by atoms with Gasteiger partial charge in [-0.3, -0.25) is 19.4 Å². The highest BCUT2D eigenvalue weighted by Crippen LogP contribution is 2.37. The zero-order valence-electron chi connectivity index (χ0n) is 54.2. The normalized spacial score (nSPS) is 15.7. The second-order valence-electron chi connectivity index (χ2n) is 23.8. The van der Waals surface area contributed by atoms with Crippen LogP contribution in [-0.4, -0.2) is 220 Å². The van der Waals surface area contributed by atoms with E-state index in [1.54, 1.807) is 19.1 Å². The maximum atomic E-state index is 14.3. The van der Waals surface area contributed by atoms with Crippen LogP contribution in [-0.2, 0) is 49.8 Å². The monoisotopic (exact) mass is 1310 g/mol. The number of benzene rings is 5. The number of methoxy groups -OCH3 is 2. The number of ether oxygens (including phenoxy) is 7. The summed E-state index contributed by atoms with van der Waals surface area (Å²) in [5.74, 6) is 3.30. The molecular formula is C70H90Cl2N12O9. The predicted molar refractivity (Wildman–Crippen MR) is 362 cm³/mol. The topological polar surface area (TPSA) is 195 Å². The number of amides is 2. The van der Waals surface area contributed by atoms with E-state index >= 15 is 0 Å². The number of hydrogen-bond acceptors (Lipinski definition) is 18. The molecule has 2 saturated heterocycles. The molecule has 2 N–H and O–H groups in total. The first-order valence-electron chi connectivity index (χ1n) is 32.7. The molecule has 21 nitrogen and oxygen atoms in total. The lowest BCUT2D eigenvalue weighted by atomic mass is 9.96. The maximum Gasteiger partial charge on any atom is 0.255 e. The van der Waals surface area contributed by atoms with Crippen LogP contribution in [0.1, 0.15) is 77.2 Å². The van der Waals surface area contributed by atoms with Crippen molar-refractivity contribution in [1.82, 2.24) is 54.8 Å². The quantitative estimate of drug-likeness (QED) is 0.0362. The number of nitrogens with zero attached hydrogens (tertiary/aromatic N) is 10. The van der Waals surface area contributed by atoms with E-state index in [-0.39, 0.29) is 23.9 Å². The summed E-state index contributed by atoms with van der Waals surface area (Å²) in [6, 6.07) is 34.1. The number of carbonyl (C=O) groups excluding carboxylic acids is 2. The SMILES string of the molecule is CCC(=O)N1CCOc2c(cc(-c3cc(OC)cc(OC)c3)cc2C(=O)N[C@H]2CCCN(CCc3cn(CCOCCOCCOCCOCCN(C)CCCNc4nc(CN5CCN(C(c6ccc(Cl)cc6)c6ccc(Cl)cc6)CC5)nc5ccccc45)nn3)C2)C1. The number of likely N-dealkylation sites (tertiary alicyclic amines) is 1. The first-order chi connectivity index (χ1) is 45.5. The maximum absolute atomic E-state index is 14.3. The average molecular weight is 1310 g/mol. The Bertz CT molecular complexity index is 3420. The summed E-state index contributed by atoms with van der Waals surface area (Å²) < 4.78 is 42.4. The van der Waals surface area contributed by atoms with Gasteiger partial charge in [-0.2, -0.15) is 0 Å². The Labute approximate surface area is 556 Å². The number of rotatable bonds is 34. The van der Waals surface area contributed by atoms with Crippen molar-refractivity contribution in [3.05, 3.63) is 153 Å². The molecule has 3 aliphatic rings. The molecule has 498 valence electrons. The molecule has 93 heavy (non-hydrogen) atoms. The van der Waals surface area contributed by atoms with Gasteiger partial charge in [0.1, 0.15) is 35.5 Å². The van der Waals surface area contributed by atoms with Crippen LogP contribution in [0.15, 0.2) is 109 Å². The summed E-state index contributed by atoms with van der Waals surface area (Å²) in [6.45, 7) is 16.8. The van der Waals surface area contributed by atoms with Crippen LogP contribution in [0.2, 0.25) is 10.0 Å². The highest BCUT2D eigenvalue weighted by atomic mass is 35.5. The van der Waals surface area contributed by atoms with Gasteiger partial charge in [0.25, 0.3) is 5.91 Å². The number of likely N-dealkylation sites (N-methyl/N-ethyl adjacent to an activating group) is 1. The van der Waals surface area contributed by atoms with Gasteiger partial charge in [-0.15, -0.1) is 5.10 Å². The number of carbonyl (C=O) groups is 2. The van der Waals surface area contributed by atoms with Crippen molar-refractivity contribution in [2.45, 2.75) is 70.7 Å². The Morgan fingerprint density at radius 2 is 1.40 bits per heavy atom. The fraction of sp³-hybridized carbons (Fsp3) is 0.486. The van der Waals surface area contributed by atoms with Crippen molar-refractivity contribution in [2.24, 2.45) is 0 Å². The van der Waals surface area contributed by atoms with E-state index in [2.05, 4.69) is 84.0 Å². The van der Waals surface area contributed by atoms with Gasteiger partial charge in [0, 0.05) is 111 Å². The van der Waals surface area contributed by atoms with Crippen molar-refractivity contribution in [2.75, 3.05) is 158 Å². The van der Waals surface area contributed by atoms with Gasteiger partial charge in [-0.1, -0.05) is 71.7 Å². The molecule has 2 fully saturated rings. The third kappa shape index (κ3) is 20.3. The lowest BCUT2D eigenvalue weighted by Gasteiger charge is -2.39. The molecule has 0 radical (unpaired) electrons. The van der Waals surface area contributed by atoms with Crippen LogP contribution in [0.25, 0.3) is 22.0 Å². The molecule has 7 aromatic rings. The average Bonchev–Trinajstić information content (AvgIpc) is 3.46. The van der Waals surface area contributed by atoms with E-state index in [1.165, 1.54) is 11.1 Å². The molecule has 23 heteroatoms. The lowest BCUT2D eigenvalue weighted by molar-refractivity contribution is -0.131. The number of piperidine rings is 1. The molecule has 3 aliphatic heterocycles. The molecule has 0 spiro atoms. The van der Waals surface area contributed by atoms with E-state index in [0.717, 1.165) is 140 Å². The number of hydrogen-bond donors (Lipinski definition) is 2. The number of nitrogens with one attached hydrogen (secondary N) is 2. The minimum Gasteiger partial charge on any atom is -0.497 e. The van der Waals surface area contributed by atoms with Gasteiger partial charge in [-0.25, -0.2) is 14.6 Å². The van der Waals surface area contributed by atoms with Crippen molar-refractivity contribution in [3.8, 4) is 28.4 Å². The van der Waals surface area contributed by atoms with E-state index in [0.29, 0.717) is 121 Å². The summed E-state index contributed by atoms with van der Waals surface area (Å²) in [7, 11) is 5.34. The summed E-state index contributed by atoms with van der Waals surface area (Å²) in [4.78, 5) is 48.7. The molecule has 2 aromatic heterocycles. The van der Waals surface area contributed by atoms with Crippen molar-refractivity contribution in [3.63, 3.8) is 0 Å². The van der Waals surface area contributed by atoms with Gasteiger partial charge < -0.3 is 58.5 Å². The summed E-state index contributed by atoms with van der Waals surface area (Å²) >= 11 is 12.6. The van der Waals surface area contributed by atoms with Gasteiger partial charge in [0.05, 0.1) is 110 Å². The first kappa shape index (κ1) is 68.8. The van der Waals surface area contributed by atoms with Gasteiger partial charge in [-0.05, 0) is 122 Å². The molecule has 1 atom stereocenters. The largest absolute Gasteiger partial charge is 0.497 e. The molecule has 10 rings (SSSR count). The van der Waals surface area contributed by atoms with Gasteiger partial charge >= 0.3 is 0 Å². The Balaban J connectivity index is 0.553. The Morgan fingerprint density at radius 1 is 0.731 bits per heavy atom. The van der Waals surface area contributed by atoms with Crippen LogP contribution >= 0.6 is 23.2 Å². The molecule has 0 bridgehead atoms. The first-order valence-corrected chi connectivity index (χ1v) is 33.4. The van der Waals surface area contributed by atoms with Gasteiger partial charge in [0.15, 0.2) is 0 Å². The molecule has 0 unspecified atom stereocenters. The second-order valence-corrected chi connectivity index (χ2v) is 24.7. The van der Waals surface area contributed by atoms with Crippen molar-refractivity contribution < 1.29 is 42.7 Å². The summed E-state index contributed by atoms with van der Waals surface area (Å²) in [5.41, 5.74) is 7.11. The van der Waals surface area contributed by atoms with Crippen LogP contribution in [0, 0.1) is 0 Å². The molecule has 5 heterocycles. The molecule has 2 amide bonds. The van der Waals surface area contributed by atoms with Gasteiger partial charge in [0.2, 0.25) is 5.91 Å². The molecular weight excluding hydrogens is 1220 g/mol. The zero-order valence-corrected chi connectivity index (χ0v) is 55.8. The standard InChI is InChI=1S/C70H90Cl2N12O9/c1-5-66(85)83-31-35-93-68-55(47-83)42-53(54-43-60(87-3)46-61(44-54)88-4)45-63(68)70(86)74-58-10-8-24-80(48-58)25-21-59-49-84(78-77-59)32-34-90-37-39-92-41-40-91-38-36-89-33-30-79(2)23-9-22-73-69-62-11-6-7-12-64(62)75-65(76-69)50-81-26-28-82(29-27-81)67(51-13-17-56(71)18-14-51)52-15-19-57(72)20-16-52/h6-7,11-20,42-46,49,58,67H,5,8-10,21-41,47-48,50H2,1-4H3,(H,74,86)(H,73,75,76)/t58-/m0/s1. The summed E-state index contributed by atoms with van der Waals surface area (Å²) in [6.07, 6.45) is 5.85. The number of halogens is 2. The molecule has 5 aromatic carbocycles. The number of para-hydroxylation sites is 1. The second kappa shape index (κ2) is 35.5.